The van der Waals surface area contributed by atoms with E-state index in [0.29, 0.717) is 5.69 Å². The van der Waals surface area contributed by atoms with Gasteiger partial charge in [-0.1, -0.05) is 18.2 Å². The average Bonchev–Trinajstić information content (AvgIpc) is 2.58. The normalized spacial score (nSPS) is 10.4. The zero-order chi connectivity index (χ0) is 18.4. The van der Waals surface area contributed by atoms with Gasteiger partial charge >= 0.3 is 17.5 Å². The molecule has 0 saturated carbocycles. The number of amides is 2. The number of nitro groups is 1. The van der Waals surface area contributed by atoms with Crippen LogP contribution in [-0.2, 0) is 9.59 Å². The van der Waals surface area contributed by atoms with E-state index in [-0.39, 0.29) is 5.56 Å². The predicted octanol–water partition coefficient (Wildman–Crippen LogP) is 1.70. The van der Waals surface area contributed by atoms with Crippen molar-refractivity contribution >= 4 is 29.4 Å². The number of hydrogen-bond acceptors (Lipinski definition) is 6. The third kappa shape index (κ3) is 4.61. The lowest BCUT2D eigenvalue weighted by molar-refractivity contribution is -0.385. The quantitative estimate of drug-likeness (QED) is 0.336. The molecule has 9 heteroatoms. The first-order chi connectivity index (χ1) is 11.9. The predicted molar refractivity (Wildman–Crippen MR) is 90.3 cm³/mol. The Hall–Kier alpha value is -3.75. The summed E-state index contributed by atoms with van der Waals surface area (Å²) in [5.41, 5.74) is 3.09. The molecule has 2 aromatic rings. The van der Waals surface area contributed by atoms with Crippen molar-refractivity contribution in [1.82, 2.24) is 5.43 Å². The number of para-hydroxylation sites is 1. The highest BCUT2D eigenvalue weighted by Gasteiger charge is 2.14. The number of phenols is 1. The SMILES string of the molecule is Cc1ccccc1NC(=O)C(=O)N/N=C\c1ccc(O)c([N+](=O)[O-])c1. The number of hydrazone groups is 1. The summed E-state index contributed by atoms with van der Waals surface area (Å²) < 4.78 is 0. The second kappa shape index (κ2) is 7.68. The average molecular weight is 342 g/mol. The Balaban J connectivity index is 1.98. The number of nitrogens with zero attached hydrogens (tertiary/aromatic N) is 2. The van der Waals surface area contributed by atoms with Crippen molar-refractivity contribution in [3.8, 4) is 5.75 Å². The molecule has 0 unspecified atom stereocenters. The number of aryl methyl sites for hydroxylation is 1. The minimum atomic E-state index is -0.993. The Morgan fingerprint density at radius 3 is 2.60 bits per heavy atom. The summed E-state index contributed by atoms with van der Waals surface area (Å²) in [6, 6.07) is 10.5. The Morgan fingerprint density at radius 2 is 1.92 bits per heavy atom. The molecule has 0 fully saturated rings. The maximum Gasteiger partial charge on any atom is 0.329 e. The number of nitro benzene ring substituents is 1. The van der Waals surface area contributed by atoms with Crippen LogP contribution in [0.5, 0.6) is 5.75 Å². The number of hydrogen-bond donors (Lipinski definition) is 3. The van der Waals surface area contributed by atoms with Crippen molar-refractivity contribution in [2.45, 2.75) is 6.92 Å². The van der Waals surface area contributed by atoms with E-state index in [1.165, 1.54) is 6.07 Å². The van der Waals surface area contributed by atoms with Crippen LogP contribution in [0.2, 0.25) is 0 Å². The molecule has 0 aromatic heterocycles. The van der Waals surface area contributed by atoms with Gasteiger partial charge in [0.15, 0.2) is 5.75 Å². The minimum absolute atomic E-state index is 0.268. The lowest BCUT2D eigenvalue weighted by Crippen LogP contribution is -2.32. The van der Waals surface area contributed by atoms with Crippen LogP contribution in [0.15, 0.2) is 47.6 Å². The van der Waals surface area contributed by atoms with Gasteiger partial charge in [0.2, 0.25) is 0 Å². The lowest BCUT2D eigenvalue weighted by Gasteiger charge is -2.06. The second-order valence-electron chi connectivity index (χ2n) is 4.97. The van der Waals surface area contributed by atoms with Crippen molar-refractivity contribution < 1.29 is 19.6 Å². The largest absolute Gasteiger partial charge is 0.502 e. The highest BCUT2D eigenvalue weighted by molar-refractivity contribution is 6.39. The van der Waals surface area contributed by atoms with E-state index in [9.17, 15) is 24.8 Å². The molecule has 128 valence electrons. The molecule has 2 amide bonds. The van der Waals surface area contributed by atoms with Crippen LogP contribution in [0.25, 0.3) is 0 Å². The molecule has 3 N–H and O–H groups in total. The van der Waals surface area contributed by atoms with Crippen molar-refractivity contribution in [1.29, 1.82) is 0 Å². The summed E-state index contributed by atoms with van der Waals surface area (Å²) in [7, 11) is 0. The smallest absolute Gasteiger partial charge is 0.329 e. The first kappa shape index (κ1) is 17.6. The van der Waals surface area contributed by atoms with Crippen LogP contribution >= 0.6 is 0 Å². The van der Waals surface area contributed by atoms with Crippen LogP contribution in [0.1, 0.15) is 11.1 Å². The van der Waals surface area contributed by atoms with Crippen LogP contribution < -0.4 is 10.7 Å². The van der Waals surface area contributed by atoms with E-state index >= 15 is 0 Å². The zero-order valence-corrected chi connectivity index (χ0v) is 13.1. The molecule has 0 bridgehead atoms. The molecule has 2 aromatic carbocycles. The monoisotopic (exact) mass is 342 g/mol. The van der Waals surface area contributed by atoms with Gasteiger partial charge in [0.1, 0.15) is 0 Å². The fourth-order valence-electron chi connectivity index (χ4n) is 1.88. The number of rotatable bonds is 4. The maximum absolute atomic E-state index is 11.8. The fraction of sp³-hybridized carbons (Fsp3) is 0.0625. The van der Waals surface area contributed by atoms with Crippen LogP contribution in [0.3, 0.4) is 0 Å². The number of carbonyl (C=O) groups is 2. The van der Waals surface area contributed by atoms with E-state index < -0.39 is 28.2 Å². The summed E-state index contributed by atoms with van der Waals surface area (Å²) in [6.07, 6.45) is 1.12. The molecule has 25 heavy (non-hydrogen) atoms. The van der Waals surface area contributed by atoms with E-state index in [2.05, 4.69) is 10.4 Å². The summed E-state index contributed by atoms with van der Waals surface area (Å²) in [4.78, 5) is 33.4. The number of aromatic hydroxyl groups is 1. The Kier molecular flexibility index (Phi) is 5.41. The number of nitrogens with one attached hydrogen (secondary N) is 2. The molecule has 0 aliphatic carbocycles. The highest BCUT2D eigenvalue weighted by Crippen LogP contribution is 2.25. The summed E-state index contributed by atoms with van der Waals surface area (Å²) in [5.74, 6) is -2.38. The molecule has 0 spiro atoms. The number of anilines is 1. The van der Waals surface area contributed by atoms with Gasteiger partial charge in [0.25, 0.3) is 0 Å². The fourth-order valence-corrected chi connectivity index (χ4v) is 1.88. The van der Waals surface area contributed by atoms with Crippen LogP contribution in [-0.4, -0.2) is 28.1 Å². The molecule has 0 aliphatic rings. The van der Waals surface area contributed by atoms with Gasteiger partial charge in [0, 0.05) is 17.3 Å². The van der Waals surface area contributed by atoms with Gasteiger partial charge in [-0.2, -0.15) is 5.10 Å². The molecule has 0 heterocycles. The molecule has 0 saturated heterocycles. The molecule has 0 atom stereocenters. The van der Waals surface area contributed by atoms with E-state index in [1.807, 2.05) is 5.43 Å². The number of benzene rings is 2. The number of carbonyl (C=O) groups excluding carboxylic acids is 2. The van der Waals surface area contributed by atoms with Crippen molar-refractivity contribution in [3.05, 3.63) is 63.7 Å². The van der Waals surface area contributed by atoms with Gasteiger partial charge in [-0.15, -0.1) is 0 Å². The van der Waals surface area contributed by atoms with Crippen molar-refractivity contribution in [2.75, 3.05) is 5.32 Å². The maximum atomic E-state index is 11.8. The minimum Gasteiger partial charge on any atom is -0.502 e. The molecule has 0 aliphatic heterocycles. The van der Waals surface area contributed by atoms with Crippen molar-refractivity contribution in [2.24, 2.45) is 5.10 Å². The third-order valence-corrected chi connectivity index (χ3v) is 3.18. The van der Waals surface area contributed by atoms with E-state index in [4.69, 9.17) is 0 Å². The molecular formula is C16H14N4O5. The lowest BCUT2D eigenvalue weighted by atomic mass is 10.2. The van der Waals surface area contributed by atoms with E-state index in [1.54, 1.807) is 31.2 Å². The van der Waals surface area contributed by atoms with Gasteiger partial charge < -0.3 is 10.4 Å². The summed E-state index contributed by atoms with van der Waals surface area (Å²) in [6.45, 7) is 1.78. The first-order valence-corrected chi connectivity index (χ1v) is 7.06. The second-order valence-corrected chi connectivity index (χ2v) is 4.97. The van der Waals surface area contributed by atoms with Gasteiger partial charge in [0.05, 0.1) is 11.1 Å². The summed E-state index contributed by atoms with van der Waals surface area (Å²) >= 11 is 0. The Bertz CT molecular complexity index is 863. The molecule has 9 nitrogen and oxygen atoms in total. The van der Waals surface area contributed by atoms with Crippen LogP contribution in [0.4, 0.5) is 11.4 Å². The Labute approximate surface area is 142 Å². The molecular weight excluding hydrogens is 328 g/mol. The molecule has 2 rings (SSSR count). The third-order valence-electron chi connectivity index (χ3n) is 3.18. The first-order valence-electron chi connectivity index (χ1n) is 7.06. The Morgan fingerprint density at radius 1 is 1.20 bits per heavy atom. The van der Waals surface area contributed by atoms with Gasteiger partial charge in [-0.25, -0.2) is 5.43 Å². The van der Waals surface area contributed by atoms with Crippen LogP contribution in [0, 0.1) is 17.0 Å². The zero-order valence-electron chi connectivity index (χ0n) is 13.1. The van der Waals surface area contributed by atoms with Crippen molar-refractivity contribution in [3.63, 3.8) is 0 Å². The van der Waals surface area contributed by atoms with Gasteiger partial charge in [-0.05, 0) is 30.7 Å². The number of phenolic OH excluding ortho intramolecular Hbond substituents is 1. The van der Waals surface area contributed by atoms with Gasteiger partial charge in [-0.3, -0.25) is 19.7 Å². The van der Waals surface area contributed by atoms with E-state index in [0.717, 1.165) is 23.9 Å². The topological polar surface area (TPSA) is 134 Å². The summed E-state index contributed by atoms with van der Waals surface area (Å²) in [5, 5.41) is 26.1. The molecule has 0 radical (unpaired) electrons. The highest BCUT2D eigenvalue weighted by atomic mass is 16.6. The standard InChI is InChI=1S/C16H14N4O5/c1-10-4-2-3-5-12(10)18-15(22)16(23)19-17-9-11-6-7-14(21)13(8-11)20(24)25/h2-9,21H,1H3,(H,18,22)(H,19,23)/b17-9-.